The Morgan fingerprint density at radius 3 is 2.76 bits per heavy atom. The molecule has 0 radical (unpaired) electrons. The maximum absolute atomic E-state index is 13.0. The van der Waals surface area contributed by atoms with E-state index in [0.717, 1.165) is 0 Å². The molecule has 0 spiro atoms. The molecule has 1 heterocycles. The van der Waals surface area contributed by atoms with Crippen LogP contribution >= 0.6 is 11.6 Å². The van der Waals surface area contributed by atoms with Gasteiger partial charge in [-0.25, -0.2) is 9.37 Å². The van der Waals surface area contributed by atoms with Crippen molar-refractivity contribution < 1.29 is 4.39 Å². The SMILES string of the molecule is N#Cc1ccc(Nc2cc(F)ccc2Cl)nc1. The molecule has 84 valence electrons. The minimum Gasteiger partial charge on any atom is -0.339 e. The van der Waals surface area contributed by atoms with Crippen molar-refractivity contribution in [3.05, 3.63) is 52.9 Å². The Balaban J connectivity index is 2.25. The summed E-state index contributed by atoms with van der Waals surface area (Å²) in [5.74, 6) is 0.113. The van der Waals surface area contributed by atoms with Crippen molar-refractivity contribution in [1.82, 2.24) is 4.98 Å². The molecule has 5 heteroatoms. The number of pyridine rings is 1. The first-order valence-electron chi connectivity index (χ1n) is 4.77. The van der Waals surface area contributed by atoms with E-state index in [1.54, 1.807) is 12.1 Å². The Hall–Kier alpha value is -2.12. The number of benzene rings is 1. The van der Waals surface area contributed by atoms with Crippen LogP contribution in [0.3, 0.4) is 0 Å². The molecule has 0 fully saturated rings. The molecule has 2 aromatic rings. The second-order valence-corrected chi connectivity index (χ2v) is 3.70. The Morgan fingerprint density at radius 2 is 2.12 bits per heavy atom. The number of hydrogen-bond acceptors (Lipinski definition) is 3. The zero-order valence-electron chi connectivity index (χ0n) is 8.61. The fourth-order valence-electron chi connectivity index (χ4n) is 1.27. The molecule has 0 aliphatic carbocycles. The van der Waals surface area contributed by atoms with Crippen LogP contribution in [0, 0.1) is 17.1 Å². The standard InChI is InChI=1S/C12H7ClFN3/c13-10-3-2-9(14)5-11(10)17-12-4-1-8(6-15)7-16-12/h1-5,7H,(H,16,17). The third kappa shape index (κ3) is 2.71. The Labute approximate surface area is 102 Å². The lowest BCUT2D eigenvalue weighted by Gasteiger charge is -2.07. The normalized spacial score (nSPS) is 9.71. The van der Waals surface area contributed by atoms with Gasteiger partial charge in [0.1, 0.15) is 17.7 Å². The zero-order valence-corrected chi connectivity index (χ0v) is 9.37. The molecule has 1 aromatic carbocycles. The van der Waals surface area contributed by atoms with Crippen LogP contribution in [0.15, 0.2) is 36.5 Å². The summed E-state index contributed by atoms with van der Waals surface area (Å²) in [4.78, 5) is 4.00. The summed E-state index contributed by atoms with van der Waals surface area (Å²) in [7, 11) is 0. The molecule has 1 aromatic heterocycles. The molecule has 0 saturated carbocycles. The van der Waals surface area contributed by atoms with Crippen molar-refractivity contribution >= 4 is 23.1 Å². The lowest BCUT2D eigenvalue weighted by Crippen LogP contribution is -1.95. The summed E-state index contributed by atoms with van der Waals surface area (Å²) in [5, 5.41) is 11.9. The highest BCUT2D eigenvalue weighted by Crippen LogP contribution is 2.25. The molecule has 0 aliphatic rings. The summed E-state index contributed by atoms with van der Waals surface area (Å²) < 4.78 is 13.0. The van der Waals surface area contributed by atoms with Gasteiger partial charge in [-0.3, -0.25) is 0 Å². The van der Waals surface area contributed by atoms with Crippen molar-refractivity contribution in [2.45, 2.75) is 0 Å². The highest BCUT2D eigenvalue weighted by molar-refractivity contribution is 6.33. The van der Waals surface area contributed by atoms with Gasteiger partial charge in [0, 0.05) is 6.20 Å². The van der Waals surface area contributed by atoms with Crippen LogP contribution in [0.25, 0.3) is 0 Å². The molecule has 0 bridgehead atoms. The molecular weight excluding hydrogens is 241 g/mol. The monoisotopic (exact) mass is 247 g/mol. The maximum atomic E-state index is 13.0. The average molecular weight is 248 g/mol. The summed E-state index contributed by atoms with van der Waals surface area (Å²) in [6, 6.07) is 9.22. The van der Waals surface area contributed by atoms with Crippen LogP contribution in [-0.2, 0) is 0 Å². The van der Waals surface area contributed by atoms with Gasteiger partial charge in [-0.1, -0.05) is 11.6 Å². The van der Waals surface area contributed by atoms with Gasteiger partial charge < -0.3 is 5.32 Å². The van der Waals surface area contributed by atoms with Crippen LogP contribution < -0.4 is 5.32 Å². The van der Waals surface area contributed by atoms with Gasteiger partial charge in [0.2, 0.25) is 0 Å². The predicted octanol–water partition coefficient (Wildman–Crippen LogP) is 3.49. The van der Waals surface area contributed by atoms with Crippen LogP contribution in [0.1, 0.15) is 5.56 Å². The first kappa shape index (κ1) is 11.4. The average Bonchev–Trinajstić information content (AvgIpc) is 2.35. The van der Waals surface area contributed by atoms with Gasteiger partial charge in [-0.15, -0.1) is 0 Å². The van der Waals surface area contributed by atoms with Gasteiger partial charge in [-0.2, -0.15) is 5.26 Å². The lowest BCUT2D eigenvalue weighted by molar-refractivity contribution is 0.628. The molecular formula is C12H7ClFN3. The molecule has 0 unspecified atom stereocenters. The number of aromatic nitrogens is 1. The quantitative estimate of drug-likeness (QED) is 0.884. The predicted molar refractivity (Wildman–Crippen MR) is 63.6 cm³/mol. The van der Waals surface area contributed by atoms with Crippen molar-refractivity contribution in [2.24, 2.45) is 0 Å². The van der Waals surface area contributed by atoms with Gasteiger partial charge >= 0.3 is 0 Å². The van der Waals surface area contributed by atoms with Gasteiger partial charge in [0.15, 0.2) is 0 Å². The van der Waals surface area contributed by atoms with E-state index in [4.69, 9.17) is 16.9 Å². The van der Waals surface area contributed by atoms with Gasteiger partial charge in [-0.05, 0) is 30.3 Å². The van der Waals surface area contributed by atoms with Crippen molar-refractivity contribution in [3.63, 3.8) is 0 Å². The molecule has 0 saturated heterocycles. The number of halogens is 2. The van der Waals surface area contributed by atoms with E-state index in [9.17, 15) is 4.39 Å². The number of nitrogens with zero attached hydrogens (tertiary/aromatic N) is 2. The van der Waals surface area contributed by atoms with Crippen molar-refractivity contribution in [1.29, 1.82) is 5.26 Å². The van der Waals surface area contributed by atoms with Crippen LogP contribution in [0.4, 0.5) is 15.9 Å². The van der Waals surface area contributed by atoms with Gasteiger partial charge in [0.25, 0.3) is 0 Å². The molecule has 0 aliphatic heterocycles. The number of nitrogens with one attached hydrogen (secondary N) is 1. The second kappa shape index (κ2) is 4.81. The highest BCUT2D eigenvalue weighted by atomic mass is 35.5. The second-order valence-electron chi connectivity index (χ2n) is 3.29. The summed E-state index contributed by atoms with van der Waals surface area (Å²) >= 11 is 5.90. The topological polar surface area (TPSA) is 48.7 Å². The third-order valence-corrected chi connectivity index (χ3v) is 2.41. The maximum Gasteiger partial charge on any atom is 0.130 e. The van der Waals surface area contributed by atoms with E-state index < -0.39 is 0 Å². The van der Waals surface area contributed by atoms with E-state index in [1.165, 1.54) is 24.4 Å². The minimum absolute atomic E-state index is 0.384. The van der Waals surface area contributed by atoms with E-state index in [2.05, 4.69) is 10.3 Å². The number of hydrogen-bond donors (Lipinski definition) is 1. The van der Waals surface area contributed by atoms with E-state index >= 15 is 0 Å². The summed E-state index contributed by atoms with van der Waals surface area (Å²) in [6.45, 7) is 0. The molecule has 0 atom stereocenters. The van der Waals surface area contributed by atoms with Crippen molar-refractivity contribution in [3.8, 4) is 6.07 Å². The summed E-state index contributed by atoms with van der Waals surface area (Å²) in [6.07, 6.45) is 1.43. The summed E-state index contributed by atoms with van der Waals surface area (Å²) in [5.41, 5.74) is 0.893. The molecule has 17 heavy (non-hydrogen) atoms. The fraction of sp³-hybridized carbons (Fsp3) is 0. The first-order chi connectivity index (χ1) is 8.19. The van der Waals surface area contributed by atoms with Crippen molar-refractivity contribution in [2.75, 3.05) is 5.32 Å². The number of rotatable bonds is 2. The fourth-order valence-corrected chi connectivity index (χ4v) is 1.43. The smallest absolute Gasteiger partial charge is 0.130 e. The molecule has 0 amide bonds. The molecule has 3 nitrogen and oxygen atoms in total. The Morgan fingerprint density at radius 1 is 1.29 bits per heavy atom. The van der Waals surface area contributed by atoms with Crippen LogP contribution in [0.2, 0.25) is 5.02 Å². The van der Waals surface area contributed by atoms with Crippen LogP contribution in [0.5, 0.6) is 0 Å². The highest BCUT2D eigenvalue weighted by Gasteiger charge is 2.03. The van der Waals surface area contributed by atoms with Crippen LogP contribution in [-0.4, -0.2) is 4.98 Å². The van der Waals surface area contributed by atoms with E-state index in [1.807, 2.05) is 6.07 Å². The Bertz CT molecular complexity index is 575. The number of anilines is 2. The first-order valence-corrected chi connectivity index (χ1v) is 5.15. The number of nitriles is 1. The lowest BCUT2D eigenvalue weighted by atomic mass is 10.3. The molecule has 2 rings (SSSR count). The van der Waals surface area contributed by atoms with Gasteiger partial charge in [0.05, 0.1) is 16.3 Å². The van der Waals surface area contributed by atoms with E-state index in [0.29, 0.717) is 22.1 Å². The Kier molecular flexibility index (Phi) is 3.22. The molecule has 1 N–H and O–H groups in total. The van der Waals surface area contributed by atoms with E-state index in [-0.39, 0.29) is 5.82 Å². The zero-order chi connectivity index (χ0) is 12.3. The third-order valence-electron chi connectivity index (χ3n) is 2.08. The minimum atomic E-state index is -0.384. The largest absolute Gasteiger partial charge is 0.339 e.